The van der Waals surface area contributed by atoms with E-state index in [0.29, 0.717) is 0 Å². The molecular weight excluding hydrogens is 236 g/mol. The lowest BCUT2D eigenvalue weighted by molar-refractivity contribution is 0.0781. The zero-order chi connectivity index (χ0) is 13.4. The lowest BCUT2D eigenvalue weighted by Crippen LogP contribution is -2.30. The van der Waals surface area contributed by atoms with Crippen LogP contribution in [0.2, 0.25) is 0 Å². The van der Waals surface area contributed by atoms with Gasteiger partial charge in [-0.2, -0.15) is 0 Å². The van der Waals surface area contributed by atoms with Crippen molar-refractivity contribution in [3.8, 4) is 0 Å². The van der Waals surface area contributed by atoms with Crippen molar-refractivity contribution in [3.05, 3.63) is 29.3 Å². The fourth-order valence-electron chi connectivity index (χ4n) is 3.62. The molecule has 3 heteroatoms. The van der Waals surface area contributed by atoms with Crippen LogP contribution in [0.4, 0.5) is 5.69 Å². The Bertz CT molecular complexity index is 486. The smallest absolute Gasteiger partial charge is 0.255 e. The van der Waals surface area contributed by atoms with Gasteiger partial charge >= 0.3 is 0 Å². The molecule has 1 heterocycles. The van der Waals surface area contributed by atoms with Crippen LogP contribution in [0.1, 0.15) is 35.2 Å². The molecule has 1 aliphatic heterocycles. The molecule has 1 aromatic carbocycles. The van der Waals surface area contributed by atoms with Crippen molar-refractivity contribution >= 4 is 11.6 Å². The summed E-state index contributed by atoms with van der Waals surface area (Å²) in [4.78, 5) is 14.7. The van der Waals surface area contributed by atoms with Gasteiger partial charge in [-0.15, -0.1) is 0 Å². The third kappa shape index (κ3) is 2.22. The number of aryl methyl sites for hydroxylation is 1. The van der Waals surface area contributed by atoms with Crippen LogP contribution < -0.4 is 5.32 Å². The average molecular weight is 258 g/mol. The number of likely N-dealkylation sites (tertiary alicyclic amines) is 1. The number of rotatable bonds is 2. The van der Waals surface area contributed by atoms with E-state index in [-0.39, 0.29) is 5.91 Å². The van der Waals surface area contributed by atoms with E-state index < -0.39 is 0 Å². The highest BCUT2D eigenvalue weighted by Gasteiger charge is 2.38. The van der Waals surface area contributed by atoms with Crippen molar-refractivity contribution in [2.75, 3.05) is 25.5 Å². The minimum atomic E-state index is 0.193. The van der Waals surface area contributed by atoms with E-state index in [0.717, 1.165) is 36.2 Å². The van der Waals surface area contributed by atoms with Crippen LogP contribution in [0.25, 0.3) is 0 Å². The van der Waals surface area contributed by atoms with E-state index in [4.69, 9.17) is 0 Å². The third-order valence-electron chi connectivity index (χ3n) is 4.69. The standard InChI is InChI=1S/C16H22N2O/c1-11-6-7-14(15(8-11)17-2)16(19)18-9-12-4-3-5-13(12)10-18/h6-8,12-13,17H,3-5,9-10H2,1-2H3. The molecule has 0 spiro atoms. The van der Waals surface area contributed by atoms with Crippen LogP contribution in [-0.2, 0) is 0 Å². The molecule has 1 aliphatic carbocycles. The van der Waals surface area contributed by atoms with Crippen molar-refractivity contribution in [2.45, 2.75) is 26.2 Å². The lowest BCUT2D eigenvalue weighted by Gasteiger charge is -2.19. The largest absolute Gasteiger partial charge is 0.387 e. The predicted octanol–water partition coefficient (Wildman–Crippen LogP) is 2.91. The Labute approximate surface area is 115 Å². The van der Waals surface area contributed by atoms with E-state index in [1.165, 1.54) is 24.8 Å². The molecule has 3 nitrogen and oxygen atoms in total. The summed E-state index contributed by atoms with van der Waals surface area (Å²) in [5.74, 6) is 1.71. The highest BCUT2D eigenvalue weighted by molar-refractivity contribution is 5.99. The molecule has 1 aromatic rings. The molecule has 2 unspecified atom stereocenters. The van der Waals surface area contributed by atoms with Gasteiger partial charge < -0.3 is 10.2 Å². The van der Waals surface area contributed by atoms with Crippen LogP contribution >= 0.6 is 0 Å². The van der Waals surface area contributed by atoms with Gasteiger partial charge in [-0.3, -0.25) is 4.79 Å². The predicted molar refractivity (Wildman–Crippen MR) is 77.5 cm³/mol. The molecular formula is C16H22N2O. The second-order valence-electron chi connectivity index (χ2n) is 5.96. The molecule has 2 atom stereocenters. The molecule has 3 rings (SSSR count). The summed E-state index contributed by atoms with van der Waals surface area (Å²) in [6, 6.07) is 6.02. The maximum atomic E-state index is 12.7. The normalized spacial score (nSPS) is 25.5. The second kappa shape index (κ2) is 4.87. The van der Waals surface area contributed by atoms with Crippen molar-refractivity contribution in [3.63, 3.8) is 0 Å². The van der Waals surface area contributed by atoms with Gasteiger partial charge in [-0.1, -0.05) is 12.5 Å². The number of carbonyl (C=O) groups excluding carboxylic acids is 1. The summed E-state index contributed by atoms with van der Waals surface area (Å²) < 4.78 is 0. The minimum Gasteiger partial charge on any atom is -0.387 e. The monoisotopic (exact) mass is 258 g/mol. The maximum absolute atomic E-state index is 12.7. The first kappa shape index (κ1) is 12.5. The Morgan fingerprint density at radius 2 is 1.95 bits per heavy atom. The van der Waals surface area contributed by atoms with Gasteiger partial charge in [-0.05, 0) is 49.3 Å². The van der Waals surface area contributed by atoms with Crippen LogP contribution in [0.15, 0.2) is 18.2 Å². The number of benzene rings is 1. The van der Waals surface area contributed by atoms with E-state index in [1.807, 2.05) is 25.2 Å². The molecule has 1 N–H and O–H groups in total. The number of anilines is 1. The van der Waals surface area contributed by atoms with Gasteiger partial charge in [0.2, 0.25) is 0 Å². The first-order valence-electron chi connectivity index (χ1n) is 7.26. The van der Waals surface area contributed by atoms with Gasteiger partial charge in [0, 0.05) is 25.8 Å². The summed E-state index contributed by atoms with van der Waals surface area (Å²) in [6.45, 7) is 3.97. The van der Waals surface area contributed by atoms with Crippen molar-refractivity contribution in [1.29, 1.82) is 0 Å². The molecule has 1 saturated carbocycles. The zero-order valence-electron chi connectivity index (χ0n) is 11.8. The van der Waals surface area contributed by atoms with Crippen molar-refractivity contribution in [2.24, 2.45) is 11.8 Å². The number of nitrogens with one attached hydrogen (secondary N) is 1. The van der Waals surface area contributed by atoms with Gasteiger partial charge in [0.05, 0.1) is 5.56 Å². The Balaban J connectivity index is 1.81. The maximum Gasteiger partial charge on any atom is 0.255 e. The Kier molecular flexibility index (Phi) is 3.21. The number of hydrogen-bond donors (Lipinski definition) is 1. The topological polar surface area (TPSA) is 32.3 Å². The highest BCUT2D eigenvalue weighted by Crippen LogP contribution is 2.38. The quantitative estimate of drug-likeness (QED) is 0.884. The summed E-state index contributed by atoms with van der Waals surface area (Å²) in [7, 11) is 1.88. The van der Waals surface area contributed by atoms with Gasteiger partial charge in [-0.25, -0.2) is 0 Å². The molecule has 19 heavy (non-hydrogen) atoms. The van der Waals surface area contributed by atoms with Gasteiger partial charge in [0.15, 0.2) is 0 Å². The molecule has 0 radical (unpaired) electrons. The number of fused-ring (bicyclic) bond motifs is 1. The number of nitrogens with zero attached hydrogens (tertiary/aromatic N) is 1. The molecule has 0 bridgehead atoms. The van der Waals surface area contributed by atoms with Crippen molar-refractivity contribution < 1.29 is 4.79 Å². The SMILES string of the molecule is CNc1cc(C)ccc1C(=O)N1CC2CCCC2C1. The lowest BCUT2D eigenvalue weighted by atomic mass is 10.0. The van der Waals surface area contributed by atoms with E-state index in [1.54, 1.807) is 0 Å². The van der Waals surface area contributed by atoms with Crippen molar-refractivity contribution in [1.82, 2.24) is 4.90 Å². The number of carbonyl (C=O) groups is 1. The minimum absolute atomic E-state index is 0.193. The molecule has 2 aliphatic rings. The fraction of sp³-hybridized carbons (Fsp3) is 0.562. The van der Waals surface area contributed by atoms with Crippen LogP contribution in [0, 0.1) is 18.8 Å². The average Bonchev–Trinajstić information content (AvgIpc) is 2.98. The van der Waals surface area contributed by atoms with E-state index in [2.05, 4.69) is 17.1 Å². The molecule has 1 saturated heterocycles. The fourth-order valence-corrected chi connectivity index (χ4v) is 3.62. The molecule has 0 aromatic heterocycles. The summed E-state index contributed by atoms with van der Waals surface area (Å²) >= 11 is 0. The summed E-state index contributed by atoms with van der Waals surface area (Å²) in [6.07, 6.45) is 3.96. The first-order chi connectivity index (χ1) is 9.19. The number of hydrogen-bond acceptors (Lipinski definition) is 2. The Morgan fingerprint density at radius 3 is 2.58 bits per heavy atom. The first-order valence-corrected chi connectivity index (χ1v) is 7.26. The molecule has 1 amide bonds. The van der Waals surface area contributed by atoms with Crippen LogP contribution in [0.3, 0.4) is 0 Å². The Morgan fingerprint density at radius 1 is 1.26 bits per heavy atom. The summed E-state index contributed by atoms with van der Waals surface area (Å²) in [5.41, 5.74) is 2.94. The third-order valence-corrected chi connectivity index (χ3v) is 4.69. The van der Waals surface area contributed by atoms with E-state index >= 15 is 0 Å². The van der Waals surface area contributed by atoms with Gasteiger partial charge in [0.25, 0.3) is 5.91 Å². The highest BCUT2D eigenvalue weighted by atomic mass is 16.2. The summed E-state index contributed by atoms with van der Waals surface area (Å²) in [5, 5.41) is 3.14. The van der Waals surface area contributed by atoms with Crippen LogP contribution in [0.5, 0.6) is 0 Å². The van der Waals surface area contributed by atoms with Crippen LogP contribution in [-0.4, -0.2) is 30.9 Å². The second-order valence-corrected chi connectivity index (χ2v) is 5.96. The molecule has 2 fully saturated rings. The number of amides is 1. The Hall–Kier alpha value is -1.51. The zero-order valence-corrected chi connectivity index (χ0v) is 11.8. The van der Waals surface area contributed by atoms with E-state index in [9.17, 15) is 4.79 Å². The molecule has 102 valence electrons. The van der Waals surface area contributed by atoms with Gasteiger partial charge in [0.1, 0.15) is 0 Å².